The van der Waals surface area contributed by atoms with Crippen molar-refractivity contribution in [1.29, 1.82) is 0 Å². The van der Waals surface area contributed by atoms with Crippen LogP contribution < -0.4 is 0 Å². The molecule has 3 aromatic heterocycles. The number of nitrogens with one attached hydrogen (secondary N) is 2. The van der Waals surface area contributed by atoms with E-state index in [4.69, 9.17) is 4.55 Å². The van der Waals surface area contributed by atoms with Crippen LogP contribution >= 0.6 is 0 Å². The van der Waals surface area contributed by atoms with Crippen LogP contribution in [0.4, 0.5) is 0 Å². The number of rotatable bonds is 0. The second-order valence-electron chi connectivity index (χ2n) is 6.95. The maximum absolute atomic E-state index is 9.24. The zero-order chi connectivity index (χ0) is 23.0. The van der Waals surface area contributed by atoms with Gasteiger partial charge in [-0.25, -0.2) is 29.9 Å². The van der Waals surface area contributed by atoms with E-state index in [0.717, 1.165) is 10.8 Å². The molecule has 3 N–H and O–H groups in total. The van der Waals surface area contributed by atoms with E-state index in [-0.39, 0.29) is 17.1 Å². The molecule has 33 heavy (non-hydrogen) atoms. The van der Waals surface area contributed by atoms with Gasteiger partial charge >= 0.3 is 38.2 Å². The van der Waals surface area contributed by atoms with E-state index in [1.807, 2.05) is 60.7 Å². The summed E-state index contributed by atoms with van der Waals surface area (Å²) in [5, 5.41) is 1.94. The zero-order valence-corrected chi connectivity index (χ0v) is 20.6. The van der Waals surface area contributed by atoms with Gasteiger partial charge in [-0.05, 0) is 36.4 Å². The molecule has 0 radical (unpaired) electrons. The number of H-pyrrole nitrogens is 2. The van der Waals surface area contributed by atoms with Crippen molar-refractivity contribution in [3.8, 4) is 0 Å². The van der Waals surface area contributed by atoms with Crippen LogP contribution in [0.2, 0.25) is 0 Å². The van der Waals surface area contributed by atoms with Crippen LogP contribution in [0.3, 0.4) is 0 Å². The van der Waals surface area contributed by atoms with E-state index in [1.54, 1.807) is 0 Å². The van der Waals surface area contributed by atoms with E-state index in [0.29, 0.717) is 45.9 Å². The number of aromatic nitrogens is 8. The van der Waals surface area contributed by atoms with Gasteiger partial charge in [0.15, 0.2) is 23.3 Å². The van der Waals surface area contributed by atoms with E-state index in [9.17, 15) is 8.42 Å². The van der Waals surface area contributed by atoms with Gasteiger partial charge < -0.3 is 9.97 Å². The molecular formula is C20H13N8O3SZn. The molecule has 159 valence electrons. The molecule has 5 heterocycles. The molecule has 1 aromatic carbocycles. The summed E-state index contributed by atoms with van der Waals surface area (Å²) in [5.41, 5.74) is 2.73. The number of aromatic amines is 2. The van der Waals surface area contributed by atoms with Gasteiger partial charge in [-0.3, -0.25) is 0 Å². The summed E-state index contributed by atoms with van der Waals surface area (Å²) in [7, 11) is -3.54. The Morgan fingerprint density at radius 3 is 1.45 bits per heavy atom. The van der Waals surface area contributed by atoms with Crippen molar-refractivity contribution in [3.05, 3.63) is 59.7 Å². The van der Waals surface area contributed by atoms with Gasteiger partial charge in [0.25, 0.3) is 0 Å². The molecule has 8 bridgehead atoms. The Balaban J connectivity index is 0.000000416. The van der Waals surface area contributed by atoms with Crippen molar-refractivity contribution in [2.75, 3.05) is 0 Å². The average molecular weight is 511 g/mol. The van der Waals surface area contributed by atoms with E-state index < -0.39 is 8.11 Å². The third-order valence-electron chi connectivity index (χ3n) is 4.47. The fourth-order valence-corrected chi connectivity index (χ4v) is 3.23. The number of nitrogens with zero attached hydrogens (tertiary/aromatic N) is 6. The molecule has 0 fully saturated rings. The minimum absolute atomic E-state index is 0.0764. The van der Waals surface area contributed by atoms with Gasteiger partial charge in [0.2, 0.25) is 0 Å². The predicted octanol–water partition coefficient (Wildman–Crippen LogP) is 2.72. The topological polar surface area (TPSA) is 163 Å². The molecule has 0 aliphatic carbocycles. The van der Waals surface area contributed by atoms with Crippen molar-refractivity contribution in [2.45, 2.75) is 0 Å². The van der Waals surface area contributed by atoms with Crippen molar-refractivity contribution in [3.63, 3.8) is 0 Å². The third-order valence-corrected chi connectivity index (χ3v) is 4.47. The van der Waals surface area contributed by atoms with Gasteiger partial charge in [0.05, 0.1) is 0 Å². The number of benzene rings is 1. The van der Waals surface area contributed by atoms with Crippen molar-refractivity contribution in [2.24, 2.45) is 0 Å². The number of fused-ring (bicyclic) bond motifs is 11. The van der Waals surface area contributed by atoms with Gasteiger partial charge in [0.1, 0.15) is 22.6 Å². The number of hydrogen-bond acceptors (Lipinski definition) is 8. The second-order valence-corrected chi connectivity index (χ2v) is 12.7. The summed E-state index contributed by atoms with van der Waals surface area (Å²) in [6, 6.07) is 11.7. The molecule has 0 saturated carbocycles. The number of hydrogen-bond donors (Lipinski definition) is 3. The Bertz CT molecular complexity index is 1610. The average Bonchev–Trinajstić information content (AvgIpc) is 3.52. The monoisotopic (exact) mass is 509 g/mol. The van der Waals surface area contributed by atoms with E-state index in [2.05, 4.69) is 39.9 Å². The quantitative estimate of drug-likeness (QED) is 0.206. The molecule has 0 atom stereocenters. The summed E-state index contributed by atoms with van der Waals surface area (Å²) in [6.45, 7) is 0. The van der Waals surface area contributed by atoms with Crippen LogP contribution in [0.15, 0.2) is 36.4 Å². The first kappa shape index (κ1) is 21.2. The molecule has 0 unspecified atom stereocenters. The molecule has 0 saturated heterocycles. The van der Waals surface area contributed by atoms with Gasteiger partial charge in [0, 0.05) is 10.8 Å². The maximum atomic E-state index is 9.24. The summed E-state index contributed by atoms with van der Waals surface area (Å²) in [6.07, 6.45) is 7.33. The first-order valence-corrected chi connectivity index (χ1v) is 14.8. The fraction of sp³-hybridized carbons (Fsp3) is 0. The van der Waals surface area contributed by atoms with Crippen molar-refractivity contribution < 1.29 is 30.1 Å². The molecule has 2 aliphatic rings. The Labute approximate surface area is 195 Å². The molecule has 13 heteroatoms. The molecule has 0 amide bonds. The van der Waals surface area contributed by atoms with E-state index in [1.165, 1.54) is 0 Å². The molecule has 4 aromatic rings. The zero-order valence-electron chi connectivity index (χ0n) is 16.8. The summed E-state index contributed by atoms with van der Waals surface area (Å²) < 4.78 is 26.0. The normalized spacial score (nSPS) is 12.6. The minimum atomic E-state index is -3.54. The fourth-order valence-electron chi connectivity index (χ4n) is 3.23. The van der Waals surface area contributed by atoms with Crippen LogP contribution in [-0.2, 0) is 25.2 Å². The Kier molecular flexibility index (Phi) is 5.37. The standard InChI is InChI=1S/C20H12N8.HO3S.Zn/c1-2-4-12-11(3-1)19-26-17-9-7-15(24-17)22-13-5-6-14(21-13)23-16-8-10-18(25-16)27-20(12)28-19;1-4(2)3;/h1-10H,(H2,21,22,23,24,25,26,27,28);(H,1,2,3);. The molecular weight excluding hydrogens is 498 g/mol. The first-order chi connectivity index (χ1) is 15.8. The van der Waals surface area contributed by atoms with Crippen LogP contribution in [0.1, 0.15) is 23.3 Å². The third kappa shape index (κ3) is 5.06. The Morgan fingerprint density at radius 2 is 1.03 bits per heavy atom. The summed E-state index contributed by atoms with van der Waals surface area (Å²) in [5.74, 6) is 2.31. The van der Waals surface area contributed by atoms with Crippen LogP contribution in [0.25, 0.3) is 57.7 Å². The molecule has 0 spiro atoms. The predicted molar refractivity (Wildman–Crippen MR) is 119 cm³/mol. The van der Waals surface area contributed by atoms with Crippen LogP contribution in [-0.4, -0.2) is 52.8 Å². The molecule has 6 rings (SSSR count). The van der Waals surface area contributed by atoms with E-state index >= 15 is 0 Å². The summed E-state index contributed by atoms with van der Waals surface area (Å²) >= 11 is -0.0764. The summed E-state index contributed by atoms with van der Waals surface area (Å²) in [4.78, 5) is 33.7. The SMILES string of the molecule is C1=Cc2nc1nc1ccc(nc3nc(nc4[nH]c(n2)c2ccccc42)C=C3)[nH]1.O=[S](=O)(O)[Zn]. The van der Waals surface area contributed by atoms with Crippen LogP contribution in [0, 0.1) is 0 Å². The molecule has 2 aliphatic heterocycles. The van der Waals surface area contributed by atoms with Crippen molar-refractivity contribution >= 4 is 65.8 Å². The van der Waals surface area contributed by atoms with Crippen LogP contribution in [0.5, 0.6) is 0 Å². The van der Waals surface area contributed by atoms with Gasteiger partial charge in [-0.15, -0.1) is 0 Å². The first-order valence-electron chi connectivity index (χ1n) is 9.55. The molecule has 11 nitrogen and oxygen atoms in total. The second kappa shape index (κ2) is 8.36. The van der Waals surface area contributed by atoms with Gasteiger partial charge in [-0.1, -0.05) is 24.3 Å². The van der Waals surface area contributed by atoms with Crippen molar-refractivity contribution in [1.82, 2.24) is 39.9 Å². The van der Waals surface area contributed by atoms with Gasteiger partial charge in [-0.2, -0.15) is 0 Å². The Hall–Kier alpha value is -3.67. The Morgan fingerprint density at radius 1 is 0.636 bits per heavy atom.